The van der Waals surface area contributed by atoms with Gasteiger partial charge in [-0.25, -0.2) is 0 Å². The minimum Gasteiger partial charge on any atom is -0.385 e. The molecule has 62 valence electrons. The second kappa shape index (κ2) is 7.03. The molecule has 0 aliphatic heterocycles. The molecular formula is C8H18O2. The predicted octanol–water partition coefficient (Wildman–Crippen LogP) is 1.84. The fourth-order valence-corrected chi connectivity index (χ4v) is 0.951. The van der Waals surface area contributed by atoms with Gasteiger partial charge in [-0.1, -0.05) is 13.3 Å². The highest BCUT2D eigenvalue weighted by Gasteiger charge is 2.03. The lowest BCUT2D eigenvalue weighted by Gasteiger charge is -2.12. The van der Waals surface area contributed by atoms with E-state index in [4.69, 9.17) is 9.47 Å². The Kier molecular flexibility index (Phi) is 6.98. The van der Waals surface area contributed by atoms with Gasteiger partial charge in [0.2, 0.25) is 0 Å². The molecule has 0 saturated carbocycles. The van der Waals surface area contributed by atoms with Crippen LogP contribution >= 0.6 is 0 Å². The van der Waals surface area contributed by atoms with Crippen molar-refractivity contribution in [3.8, 4) is 0 Å². The summed E-state index contributed by atoms with van der Waals surface area (Å²) in [6, 6.07) is 0. The Morgan fingerprint density at radius 2 is 1.90 bits per heavy atom. The van der Waals surface area contributed by atoms with E-state index < -0.39 is 0 Å². The van der Waals surface area contributed by atoms with Crippen molar-refractivity contribution in [2.24, 2.45) is 0 Å². The number of rotatable bonds is 6. The summed E-state index contributed by atoms with van der Waals surface area (Å²) in [5, 5.41) is 0. The molecule has 1 atom stereocenters. The Balaban J connectivity index is 3.21. The summed E-state index contributed by atoms with van der Waals surface area (Å²) < 4.78 is 10.2. The van der Waals surface area contributed by atoms with Gasteiger partial charge in [-0.3, -0.25) is 0 Å². The maximum atomic E-state index is 5.21. The molecular weight excluding hydrogens is 128 g/mol. The van der Waals surface area contributed by atoms with E-state index in [2.05, 4.69) is 6.92 Å². The maximum Gasteiger partial charge on any atom is 0.0593 e. The van der Waals surface area contributed by atoms with Crippen molar-refractivity contribution in [3.63, 3.8) is 0 Å². The molecule has 0 aromatic rings. The summed E-state index contributed by atoms with van der Waals surface area (Å²) in [4.78, 5) is 0. The first-order valence-corrected chi connectivity index (χ1v) is 3.86. The highest BCUT2D eigenvalue weighted by atomic mass is 16.5. The molecule has 0 rings (SSSR count). The van der Waals surface area contributed by atoms with E-state index in [1.54, 1.807) is 14.2 Å². The first-order chi connectivity index (χ1) is 4.85. The van der Waals surface area contributed by atoms with Crippen molar-refractivity contribution in [2.75, 3.05) is 20.8 Å². The van der Waals surface area contributed by atoms with Crippen LogP contribution in [0.15, 0.2) is 0 Å². The number of ether oxygens (including phenoxy) is 2. The molecule has 10 heavy (non-hydrogen) atoms. The van der Waals surface area contributed by atoms with Gasteiger partial charge in [-0.05, 0) is 12.8 Å². The number of hydrogen-bond donors (Lipinski definition) is 0. The summed E-state index contributed by atoms with van der Waals surface area (Å²) in [5.74, 6) is 0. The van der Waals surface area contributed by atoms with Crippen LogP contribution in [-0.4, -0.2) is 26.9 Å². The van der Waals surface area contributed by atoms with Gasteiger partial charge in [0, 0.05) is 20.8 Å². The summed E-state index contributed by atoms with van der Waals surface area (Å²) >= 11 is 0. The van der Waals surface area contributed by atoms with Crippen molar-refractivity contribution >= 4 is 0 Å². The van der Waals surface area contributed by atoms with Gasteiger partial charge in [0.1, 0.15) is 0 Å². The fraction of sp³-hybridized carbons (Fsp3) is 1.00. The van der Waals surface area contributed by atoms with Gasteiger partial charge in [0.15, 0.2) is 0 Å². The molecule has 0 aliphatic carbocycles. The molecule has 0 aromatic carbocycles. The zero-order chi connectivity index (χ0) is 7.82. The van der Waals surface area contributed by atoms with E-state index in [-0.39, 0.29) is 0 Å². The van der Waals surface area contributed by atoms with Crippen LogP contribution in [0, 0.1) is 0 Å². The molecule has 0 saturated heterocycles. The van der Waals surface area contributed by atoms with Crippen LogP contribution in [0.2, 0.25) is 0 Å². The van der Waals surface area contributed by atoms with E-state index in [0.717, 1.165) is 19.4 Å². The van der Waals surface area contributed by atoms with Crippen LogP contribution in [0.5, 0.6) is 0 Å². The van der Waals surface area contributed by atoms with Crippen molar-refractivity contribution in [2.45, 2.75) is 32.3 Å². The molecule has 1 unspecified atom stereocenters. The highest BCUT2D eigenvalue weighted by Crippen LogP contribution is 2.04. The third-order valence-corrected chi connectivity index (χ3v) is 1.59. The van der Waals surface area contributed by atoms with Crippen molar-refractivity contribution in [3.05, 3.63) is 0 Å². The zero-order valence-corrected chi connectivity index (χ0v) is 7.22. The monoisotopic (exact) mass is 146 g/mol. The zero-order valence-electron chi connectivity index (χ0n) is 7.22. The van der Waals surface area contributed by atoms with E-state index in [1.807, 2.05) is 0 Å². The largest absolute Gasteiger partial charge is 0.385 e. The Bertz CT molecular complexity index is 64.3. The van der Waals surface area contributed by atoms with Crippen LogP contribution in [-0.2, 0) is 9.47 Å². The van der Waals surface area contributed by atoms with Crippen LogP contribution in [0.1, 0.15) is 26.2 Å². The molecule has 0 heterocycles. The Morgan fingerprint density at radius 1 is 1.20 bits per heavy atom. The SMILES string of the molecule is CCCC(CCOC)OC. The van der Waals surface area contributed by atoms with Gasteiger partial charge < -0.3 is 9.47 Å². The Labute approximate surface area is 63.5 Å². The van der Waals surface area contributed by atoms with Gasteiger partial charge in [-0.2, -0.15) is 0 Å². The topological polar surface area (TPSA) is 18.5 Å². The Morgan fingerprint density at radius 3 is 2.30 bits per heavy atom. The maximum absolute atomic E-state index is 5.21. The van der Waals surface area contributed by atoms with Crippen LogP contribution in [0.3, 0.4) is 0 Å². The van der Waals surface area contributed by atoms with Crippen LogP contribution in [0.25, 0.3) is 0 Å². The lowest BCUT2D eigenvalue weighted by molar-refractivity contribution is 0.0604. The summed E-state index contributed by atoms with van der Waals surface area (Å²) in [5.41, 5.74) is 0. The lowest BCUT2D eigenvalue weighted by Crippen LogP contribution is -2.12. The van der Waals surface area contributed by atoms with E-state index in [0.29, 0.717) is 6.10 Å². The average molecular weight is 146 g/mol. The normalized spacial score (nSPS) is 13.5. The molecule has 0 radical (unpaired) electrons. The second-order valence-corrected chi connectivity index (χ2v) is 2.43. The standard InChI is InChI=1S/C8H18O2/c1-4-5-8(10-3)6-7-9-2/h8H,4-7H2,1-3H3. The first kappa shape index (κ1) is 9.92. The molecule has 0 amide bonds. The summed E-state index contributed by atoms with van der Waals surface area (Å²) in [6.45, 7) is 2.97. The van der Waals surface area contributed by atoms with E-state index >= 15 is 0 Å². The predicted molar refractivity (Wildman–Crippen MR) is 42.2 cm³/mol. The van der Waals surface area contributed by atoms with Crippen molar-refractivity contribution in [1.29, 1.82) is 0 Å². The molecule has 0 aromatic heterocycles. The molecule has 0 fully saturated rings. The molecule has 0 aliphatic rings. The molecule has 0 bridgehead atoms. The van der Waals surface area contributed by atoms with Gasteiger partial charge in [0.05, 0.1) is 6.10 Å². The summed E-state index contributed by atoms with van der Waals surface area (Å²) in [6.07, 6.45) is 3.73. The fourth-order valence-electron chi connectivity index (χ4n) is 0.951. The molecule has 2 nitrogen and oxygen atoms in total. The summed E-state index contributed by atoms with van der Waals surface area (Å²) in [7, 11) is 3.48. The lowest BCUT2D eigenvalue weighted by atomic mass is 10.1. The van der Waals surface area contributed by atoms with Gasteiger partial charge in [0.25, 0.3) is 0 Å². The van der Waals surface area contributed by atoms with Crippen molar-refractivity contribution in [1.82, 2.24) is 0 Å². The highest BCUT2D eigenvalue weighted by molar-refractivity contribution is 4.54. The minimum atomic E-state index is 0.393. The van der Waals surface area contributed by atoms with Crippen LogP contribution in [0.4, 0.5) is 0 Å². The van der Waals surface area contributed by atoms with Crippen molar-refractivity contribution < 1.29 is 9.47 Å². The molecule has 2 heteroatoms. The number of hydrogen-bond acceptors (Lipinski definition) is 2. The third kappa shape index (κ3) is 4.77. The smallest absolute Gasteiger partial charge is 0.0593 e. The average Bonchev–Trinajstić information content (AvgIpc) is 1.98. The van der Waals surface area contributed by atoms with Gasteiger partial charge >= 0.3 is 0 Å². The quantitative estimate of drug-likeness (QED) is 0.569. The second-order valence-electron chi connectivity index (χ2n) is 2.43. The van der Waals surface area contributed by atoms with Gasteiger partial charge in [-0.15, -0.1) is 0 Å². The minimum absolute atomic E-state index is 0.393. The van der Waals surface area contributed by atoms with E-state index in [1.165, 1.54) is 6.42 Å². The van der Waals surface area contributed by atoms with E-state index in [9.17, 15) is 0 Å². The molecule has 0 spiro atoms. The third-order valence-electron chi connectivity index (χ3n) is 1.59. The Hall–Kier alpha value is -0.0800. The first-order valence-electron chi connectivity index (χ1n) is 3.86. The molecule has 0 N–H and O–H groups in total. The van der Waals surface area contributed by atoms with Crippen LogP contribution < -0.4 is 0 Å². The number of methoxy groups -OCH3 is 2.